The van der Waals surface area contributed by atoms with Crippen molar-refractivity contribution >= 4 is 66.7 Å². The third-order valence-electron chi connectivity index (χ3n) is 8.00. The number of nitrogens with zero attached hydrogens (tertiary/aromatic N) is 1. The van der Waals surface area contributed by atoms with Crippen LogP contribution in [0, 0.1) is 0 Å². The van der Waals surface area contributed by atoms with Gasteiger partial charge in [0.25, 0.3) is 0 Å². The summed E-state index contributed by atoms with van der Waals surface area (Å²) in [5.41, 5.74) is 2.21. The monoisotopic (exact) mass is 799 g/mol. The van der Waals surface area contributed by atoms with E-state index in [1.54, 1.807) is 114 Å². The number of sulfone groups is 2. The van der Waals surface area contributed by atoms with Gasteiger partial charge in [0.05, 0.1) is 19.6 Å². The zero-order valence-corrected chi connectivity index (χ0v) is 33.7. The normalized spacial score (nSPS) is 11.9. The first-order chi connectivity index (χ1) is 25.0. The lowest BCUT2D eigenvalue weighted by Gasteiger charge is -2.16. The Balaban J connectivity index is 1.09. The Kier molecular flexibility index (Phi) is 12.6. The van der Waals surface area contributed by atoms with Crippen LogP contribution in [0.4, 0.5) is 0 Å². The van der Waals surface area contributed by atoms with Crippen molar-refractivity contribution in [3.8, 4) is 0 Å². The van der Waals surface area contributed by atoms with Crippen LogP contribution in [0.3, 0.4) is 0 Å². The predicted molar refractivity (Wildman–Crippen MR) is 217 cm³/mol. The molecular weight excluding hydrogens is 763 g/mol. The Bertz CT molecular complexity index is 2330. The second-order valence-corrected chi connectivity index (χ2v) is 20.2. The van der Waals surface area contributed by atoms with E-state index in [0.717, 1.165) is 36.6 Å². The quantitative estimate of drug-likeness (QED) is 0.100. The molecular formula is C41H37NO4S6. The lowest BCUT2D eigenvalue weighted by Crippen LogP contribution is -2.11. The highest BCUT2D eigenvalue weighted by Crippen LogP contribution is 2.36. The average molecular weight is 800 g/mol. The summed E-state index contributed by atoms with van der Waals surface area (Å²) in [7, 11) is -3.14. The minimum atomic E-state index is -3.65. The minimum Gasteiger partial charge on any atom is -0.305 e. The summed E-state index contributed by atoms with van der Waals surface area (Å²) in [5, 5.41) is 0. The summed E-state index contributed by atoms with van der Waals surface area (Å²) in [6, 6.07) is 44.4. The third kappa shape index (κ3) is 9.57. The van der Waals surface area contributed by atoms with Gasteiger partial charge < -0.3 is 4.90 Å². The molecule has 0 amide bonds. The van der Waals surface area contributed by atoms with Gasteiger partial charge >= 0.3 is 0 Å². The molecule has 5 nitrogen and oxygen atoms in total. The van der Waals surface area contributed by atoms with E-state index in [1.807, 2.05) is 56.7 Å². The molecule has 0 unspecified atom stereocenters. The summed E-state index contributed by atoms with van der Waals surface area (Å²) in [4.78, 5) is 9.68. The van der Waals surface area contributed by atoms with E-state index in [9.17, 15) is 16.8 Å². The lowest BCUT2D eigenvalue weighted by molar-refractivity contribution is 0.399. The molecule has 6 aromatic rings. The van der Waals surface area contributed by atoms with E-state index in [4.69, 9.17) is 0 Å². The highest BCUT2D eigenvalue weighted by molar-refractivity contribution is 8.00. The third-order valence-corrected chi connectivity index (χ3v) is 15.5. The van der Waals surface area contributed by atoms with Gasteiger partial charge in [-0.05, 0) is 147 Å². The molecule has 0 aliphatic carbocycles. The number of hydrogen-bond donors (Lipinski definition) is 0. The van der Waals surface area contributed by atoms with E-state index >= 15 is 0 Å². The van der Waals surface area contributed by atoms with Crippen molar-refractivity contribution in [3.63, 3.8) is 0 Å². The van der Waals surface area contributed by atoms with Crippen LogP contribution in [-0.2, 0) is 32.0 Å². The molecule has 11 heteroatoms. The Morgan fingerprint density at radius 3 is 1.42 bits per heavy atom. The van der Waals surface area contributed by atoms with E-state index in [1.165, 1.54) is 10.5 Å². The molecule has 0 atom stereocenters. The van der Waals surface area contributed by atoms with Gasteiger partial charge in [0, 0.05) is 41.7 Å². The molecule has 52 heavy (non-hydrogen) atoms. The molecule has 0 spiro atoms. The van der Waals surface area contributed by atoms with Gasteiger partial charge in [-0.2, -0.15) is 0 Å². The van der Waals surface area contributed by atoms with Gasteiger partial charge in [-0.25, -0.2) is 16.8 Å². The lowest BCUT2D eigenvalue weighted by atomic mass is 10.2. The second kappa shape index (κ2) is 17.2. The van der Waals surface area contributed by atoms with Crippen LogP contribution >= 0.6 is 47.0 Å². The van der Waals surface area contributed by atoms with Crippen molar-refractivity contribution in [3.05, 3.63) is 157 Å². The molecule has 0 aromatic heterocycles. The van der Waals surface area contributed by atoms with Crippen LogP contribution in [0.25, 0.3) is 0 Å². The molecule has 0 aliphatic rings. The van der Waals surface area contributed by atoms with Crippen molar-refractivity contribution < 1.29 is 16.8 Å². The first-order valence-electron chi connectivity index (χ1n) is 16.3. The number of thioether (sulfide) groups is 2. The summed E-state index contributed by atoms with van der Waals surface area (Å²) >= 11 is 6.61. The zero-order chi connectivity index (χ0) is 36.7. The maximum absolute atomic E-state index is 13.4. The van der Waals surface area contributed by atoms with Crippen LogP contribution in [0.5, 0.6) is 0 Å². The van der Waals surface area contributed by atoms with Crippen molar-refractivity contribution in [2.45, 2.75) is 61.3 Å². The SMILES string of the molecule is CSc1ccc(Sc2ccc(S(=O)(=O)c3ccc(CSc4ccc(Sc5ccc(S(=O)(=O)c6ccccc6)cc5)cc4CN(C)C)cc3)cc2)cc1. The van der Waals surface area contributed by atoms with Gasteiger partial charge in [-0.1, -0.05) is 53.9 Å². The van der Waals surface area contributed by atoms with Crippen LogP contribution < -0.4 is 0 Å². The summed E-state index contributed by atoms with van der Waals surface area (Å²) in [6.07, 6.45) is 2.05. The Morgan fingerprint density at radius 2 is 0.923 bits per heavy atom. The van der Waals surface area contributed by atoms with Crippen LogP contribution in [0.1, 0.15) is 11.1 Å². The predicted octanol–water partition coefficient (Wildman–Crippen LogP) is 10.7. The molecule has 0 N–H and O–H groups in total. The minimum absolute atomic E-state index is 0.269. The molecule has 0 radical (unpaired) electrons. The highest BCUT2D eigenvalue weighted by Gasteiger charge is 2.19. The van der Waals surface area contributed by atoms with Gasteiger partial charge in [-0.3, -0.25) is 0 Å². The van der Waals surface area contributed by atoms with Crippen LogP contribution in [-0.4, -0.2) is 42.1 Å². The van der Waals surface area contributed by atoms with Crippen molar-refractivity contribution in [1.82, 2.24) is 4.90 Å². The van der Waals surface area contributed by atoms with E-state index in [0.29, 0.717) is 5.75 Å². The second-order valence-electron chi connectivity index (χ2n) is 12.1. The van der Waals surface area contributed by atoms with Gasteiger partial charge in [0.1, 0.15) is 0 Å². The van der Waals surface area contributed by atoms with Crippen molar-refractivity contribution in [1.29, 1.82) is 0 Å². The molecule has 0 saturated heterocycles. The molecule has 0 aliphatic heterocycles. The Morgan fingerprint density at radius 1 is 0.500 bits per heavy atom. The van der Waals surface area contributed by atoms with Crippen LogP contribution in [0.15, 0.2) is 195 Å². The fraction of sp³-hybridized carbons (Fsp3) is 0.122. The number of benzene rings is 6. The van der Waals surface area contributed by atoms with Gasteiger partial charge in [0.2, 0.25) is 19.7 Å². The fourth-order valence-electron chi connectivity index (χ4n) is 5.31. The maximum atomic E-state index is 13.4. The average Bonchev–Trinajstić information content (AvgIpc) is 3.15. The highest BCUT2D eigenvalue weighted by atomic mass is 32.2. The van der Waals surface area contributed by atoms with Crippen molar-refractivity contribution in [2.75, 3.05) is 20.4 Å². The Hall–Kier alpha value is -3.42. The molecule has 266 valence electrons. The topological polar surface area (TPSA) is 71.5 Å². The molecule has 0 fully saturated rings. The molecule has 0 heterocycles. The number of hydrogen-bond acceptors (Lipinski definition) is 9. The van der Waals surface area contributed by atoms with Crippen LogP contribution in [0.2, 0.25) is 0 Å². The molecule has 0 saturated carbocycles. The largest absolute Gasteiger partial charge is 0.305 e. The smallest absolute Gasteiger partial charge is 0.206 e. The van der Waals surface area contributed by atoms with E-state index in [-0.39, 0.29) is 19.6 Å². The molecule has 0 bridgehead atoms. The fourth-order valence-corrected chi connectivity index (χ4v) is 10.9. The summed E-state index contributed by atoms with van der Waals surface area (Å²) < 4.78 is 52.9. The zero-order valence-electron chi connectivity index (χ0n) is 28.8. The van der Waals surface area contributed by atoms with Crippen molar-refractivity contribution in [2.24, 2.45) is 0 Å². The van der Waals surface area contributed by atoms with E-state index < -0.39 is 19.7 Å². The summed E-state index contributed by atoms with van der Waals surface area (Å²) in [6.45, 7) is 0.754. The van der Waals surface area contributed by atoms with E-state index in [2.05, 4.69) is 47.4 Å². The maximum Gasteiger partial charge on any atom is 0.206 e. The number of rotatable bonds is 14. The molecule has 6 rings (SSSR count). The first-order valence-corrected chi connectivity index (χ1v) is 23.1. The standard InChI is InChI=1S/C41H37NO4S6/c1-42(2)28-31-27-36(50-35-17-24-39(25-18-35)51(43,44)37-7-5-4-6-8-37)19-26-41(31)48-29-30-9-20-38(21-10-30)52(45,46)40-22-15-34(16-23-40)49-33-13-11-32(47-3)12-14-33/h4-27H,28-29H2,1-3H3. The Labute approximate surface area is 324 Å². The summed E-state index contributed by atoms with van der Waals surface area (Å²) in [5.74, 6) is 0.689. The van der Waals surface area contributed by atoms with Gasteiger partial charge in [-0.15, -0.1) is 23.5 Å². The first kappa shape index (κ1) is 38.3. The van der Waals surface area contributed by atoms with Gasteiger partial charge in [0.15, 0.2) is 0 Å². The molecule has 6 aromatic carbocycles.